The van der Waals surface area contributed by atoms with E-state index in [1.54, 1.807) is 29.6 Å². The van der Waals surface area contributed by atoms with Gasteiger partial charge in [0.2, 0.25) is 10.0 Å². The molecule has 6 nitrogen and oxygen atoms in total. The lowest BCUT2D eigenvalue weighted by Gasteiger charge is -2.15. The molecule has 0 aliphatic carbocycles. The summed E-state index contributed by atoms with van der Waals surface area (Å²) < 4.78 is 26.8. The Kier molecular flexibility index (Phi) is 5.03. The molecular weight excluding hydrogens is 360 g/mol. The summed E-state index contributed by atoms with van der Waals surface area (Å²) in [5.74, 6) is -0.529. The molecule has 0 radical (unpaired) electrons. The van der Waals surface area contributed by atoms with Gasteiger partial charge in [-0.05, 0) is 55.5 Å². The second-order valence-electron chi connectivity index (χ2n) is 5.81. The molecule has 0 spiro atoms. The van der Waals surface area contributed by atoms with Crippen LogP contribution in [0, 0.1) is 0 Å². The third kappa shape index (κ3) is 3.65. The van der Waals surface area contributed by atoms with E-state index in [4.69, 9.17) is 0 Å². The Morgan fingerprint density at radius 1 is 1.08 bits per heavy atom. The number of ketones is 1. The highest BCUT2D eigenvalue weighted by Gasteiger charge is 2.31. The highest BCUT2D eigenvalue weighted by Crippen LogP contribution is 2.28. The Labute approximate surface area is 150 Å². The van der Waals surface area contributed by atoms with E-state index < -0.39 is 15.9 Å². The summed E-state index contributed by atoms with van der Waals surface area (Å²) in [5.41, 5.74) is 1.05. The zero-order valence-corrected chi connectivity index (χ0v) is 15.3. The lowest BCUT2D eigenvalue weighted by Crippen LogP contribution is -2.29. The second kappa shape index (κ2) is 7.07. The summed E-state index contributed by atoms with van der Waals surface area (Å²) in [6.07, 6.45) is 1.68. The number of rotatable bonds is 5. The number of Topliss-reactive ketones (excluding diaryl/α,β-unsaturated/α-hetero) is 1. The molecule has 2 heterocycles. The fraction of sp³-hybridized carbons (Fsp3) is 0.294. The summed E-state index contributed by atoms with van der Waals surface area (Å²) in [5, 5.41) is 4.30. The van der Waals surface area contributed by atoms with E-state index in [2.05, 4.69) is 5.32 Å². The van der Waals surface area contributed by atoms with Crippen LogP contribution < -0.4 is 5.32 Å². The Hall–Kier alpha value is -2.03. The van der Waals surface area contributed by atoms with Gasteiger partial charge in [0.15, 0.2) is 5.78 Å². The van der Waals surface area contributed by atoms with Crippen molar-refractivity contribution < 1.29 is 18.0 Å². The van der Waals surface area contributed by atoms with Crippen LogP contribution in [0.1, 0.15) is 39.8 Å². The standard InChI is InChI=1S/C17H18N2O4S2/c1-12(20)13-4-6-14(7-5-13)18-17(21)16-15(8-11-24-16)25(22,23)19-9-2-3-10-19/h4-8,11H,2-3,9-10H2,1H3,(H,18,21). The molecule has 2 aromatic rings. The molecular formula is C17H18N2O4S2. The number of sulfonamides is 1. The fourth-order valence-corrected chi connectivity index (χ4v) is 5.52. The zero-order valence-electron chi connectivity index (χ0n) is 13.7. The van der Waals surface area contributed by atoms with Crippen molar-refractivity contribution in [1.29, 1.82) is 0 Å². The van der Waals surface area contributed by atoms with Crippen LogP contribution in [0.4, 0.5) is 5.69 Å². The first-order chi connectivity index (χ1) is 11.9. The van der Waals surface area contributed by atoms with Crippen molar-refractivity contribution in [2.75, 3.05) is 18.4 Å². The summed E-state index contributed by atoms with van der Waals surface area (Å²) in [6, 6.07) is 7.96. The lowest BCUT2D eigenvalue weighted by atomic mass is 10.1. The molecule has 1 fully saturated rings. The van der Waals surface area contributed by atoms with Crippen molar-refractivity contribution in [2.24, 2.45) is 0 Å². The molecule has 0 saturated carbocycles. The molecule has 1 aliphatic rings. The number of hydrogen-bond donors (Lipinski definition) is 1. The molecule has 0 unspecified atom stereocenters. The molecule has 1 amide bonds. The van der Waals surface area contributed by atoms with Crippen molar-refractivity contribution >= 4 is 38.7 Å². The Bertz CT molecular complexity index is 895. The average molecular weight is 378 g/mol. The zero-order chi connectivity index (χ0) is 18.0. The lowest BCUT2D eigenvalue weighted by molar-refractivity contribution is 0.101. The maximum atomic E-state index is 12.7. The molecule has 1 N–H and O–H groups in total. The van der Waals surface area contributed by atoms with E-state index in [9.17, 15) is 18.0 Å². The van der Waals surface area contributed by atoms with Crippen LogP contribution in [0.5, 0.6) is 0 Å². The van der Waals surface area contributed by atoms with Crippen LogP contribution in [0.15, 0.2) is 40.6 Å². The van der Waals surface area contributed by atoms with Crippen LogP contribution in [0.25, 0.3) is 0 Å². The number of nitrogens with one attached hydrogen (secondary N) is 1. The molecule has 1 aromatic heterocycles. The Balaban J connectivity index is 1.82. The van der Waals surface area contributed by atoms with Crippen LogP contribution in [-0.4, -0.2) is 37.5 Å². The number of benzene rings is 1. The largest absolute Gasteiger partial charge is 0.321 e. The number of anilines is 1. The number of carbonyl (C=O) groups excluding carboxylic acids is 2. The van der Waals surface area contributed by atoms with E-state index in [-0.39, 0.29) is 15.6 Å². The van der Waals surface area contributed by atoms with Crippen molar-refractivity contribution in [2.45, 2.75) is 24.7 Å². The van der Waals surface area contributed by atoms with Gasteiger partial charge >= 0.3 is 0 Å². The van der Waals surface area contributed by atoms with E-state index in [0.29, 0.717) is 24.3 Å². The summed E-state index contributed by atoms with van der Waals surface area (Å²) in [4.78, 5) is 24.0. The van der Waals surface area contributed by atoms with Crippen LogP contribution in [-0.2, 0) is 10.0 Å². The topological polar surface area (TPSA) is 83.5 Å². The molecule has 132 valence electrons. The van der Waals surface area contributed by atoms with E-state index in [0.717, 1.165) is 24.2 Å². The molecule has 3 rings (SSSR count). The van der Waals surface area contributed by atoms with Gasteiger partial charge in [-0.3, -0.25) is 9.59 Å². The summed E-state index contributed by atoms with van der Waals surface area (Å²) in [6.45, 7) is 2.45. The van der Waals surface area contributed by atoms with Gasteiger partial charge in [0.25, 0.3) is 5.91 Å². The predicted molar refractivity (Wildman–Crippen MR) is 96.7 cm³/mol. The minimum Gasteiger partial charge on any atom is -0.321 e. The quantitative estimate of drug-likeness (QED) is 0.811. The normalized spacial score (nSPS) is 15.2. The van der Waals surface area contributed by atoms with Crippen molar-refractivity contribution in [3.05, 3.63) is 46.2 Å². The van der Waals surface area contributed by atoms with Gasteiger partial charge < -0.3 is 5.32 Å². The highest BCUT2D eigenvalue weighted by molar-refractivity contribution is 7.89. The van der Waals surface area contributed by atoms with Gasteiger partial charge in [-0.1, -0.05) is 0 Å². The first-order valence-corrected chi connectivity index (χ1v) is 10.2. The number of thiophene rings is 1. The maximum absolute atomic E-state index is 12.7. The van der Waals surface area contributed by atoms with Gasteiger partial charge in [0.05, 0.1) is 0 Å². The predicted octanol–water partition coefficient (Wildman–Crippen LogP) is 2.99. The monoisotopic (exact) mass is 378 g/mol. The van der Waals surface area contributed by atoms with Gasteiger partial charge in [0, 0.05) is 24.3 Å². The van der Waals surface area contributed by atoms with Gasteiger partial charge in [-0.2, -0.15) is 4.31 Å². The number of amides is 1. The van der Waals surface area contributed by atoms with Crippen molar-refractivity contribution in [3.63, 3.8) is 0 Å². The van der Waals surface area contributed by atoms with Gasteiger partial charge in [-0.15, -0.1) is 11.3 Å². The number of nitrogens with zero attached hydrogens (tertiary/aromatic N) is 1. The molecule has 1 aromatic carbocycles. The first kappa shape index (κ1) is 17.8. The molecule has 1 aliphatic heterocycles. The SMILES string of the molecule is CC(=O)c1ccc(NC(=O)c2sccc2S(=O)(=O)N2CCCC2)cc1. The van der Waals surface area contributed by atoms with Gasteiger partial charge in [-0.25, -0.2) is 8.42 Å². The van der Waals surface area contributed by atoms with Crippen LogP contribution in [0.2, 0.25) is 0 Å². The summed E-state index contributed by atoms with van der Waals surface area (Å²) in [7, 11) is -3.64. The average Bonchev–Trinajstić information content (AvgIpc) is 3.27. The molecule has 8 heteroatoms. The first-order valence-electron chi connectivity index (χ1n) is 7.89. The smallest absolute Gasteiger partial charge is 0.267 e. The molecule has 0 bridgehead atoms. The number of carbonyl (C=O) groups is 2. The van der Waals surface area contributed by atoms with E-state index in [1.165, 1.54) is 17.3 Å². The van der Waals surface area contributed by atoms with Crippen LogP contribution >= 0.6 is 11.3 Å². The minimum atomic E-state index is -3.64. The third-order valence-electron chi connectivity index (χ3n) is 4.07. The molecule has 1 saturated heterocycles. The van der Waals surface area contributed by atoms with E-state index in [1.807, 2.05) is 0 Å². The minimum absolute atomic E-state index is 0.0530. The molecule has 0 atom stereocenters. The molecule has 25 heavy (non-hydrogen) atoms. The fourth-order valence-electron chi connectivity index (χ4n) is 2.71. The van der Waals surface area contributed by atoms with Crippen molar-refractivity contribution in [1.82, 2.24) is 4.31 Å². The maximum Gasteiger partial charge on any atom is 0.267 e. The second-order valence-corrected chi connectivity index (χ2v) is 8.64. The number of hydrogen-bond acceptors (Lipinski definition) is 5. The van der Waals surface area contributed by atoms with Gasteiger partial charge in [0.1, 0.15) is 9.77 Å². The highest BCUT2D eigenvalue weighted by atomic mass is 32.2. The Morgan fingerprint density at radius 2 is 1.72 bits per heavy atom. The van der Waals surface area contributed by atoms with Crippen molar-refractivity contribution in [3.8, 4) is 0 Å². The summed E-state index contributed by atoms with van der Waals surface area (Å²) >= 11 is 1.10. The Morgan fingerprint density at radius 3 is 2.32 bits per heavy atom. The van der Waals surface area contributed by atoms with E-state index >= 15 is 0 Å². The third-order valence-corrected chi connectivity index (χ3v) is 7.05. The van der Waals surface area contributed by atoms with Crippen LogP contribution in [0.3, 0.4) is 0 Å².